The first-order chi connectivity index (χ1) is 5.38. The molecule has 2 nitrogen and oxygen atoms in total. The summed E-state index contributed by atoms with van der Waals surface area (Å²) in [5, 5.41) is 3.15. The second kappa shape index (κ2) is 3.91. The van der Waals surface area contributed by atoms with Crippen molar-refractivity contribution < 1.29 is 4.79 Å². The second-order valence-corrected chi connectivity index (χ2v) is 2.34. The highest BCUT2D eigenvalue weighted by molar-refractivity contribution is 5.62. The highest BCUT2D eigenvalue weighted by Gasteiger charge is 2.09. The molecule has 0 saturated carbocycles. The molecule has 0 amide bonds. The van der Waals surface area contributed by atoms with E-state index in [4.69, 9.17) is 0 Å². The van der Waals surface area contributed by atoms with Crippen LogP contribution < -0.4 is 5.32 Å². The fourth-order valence-electron chi connectivity index (χ4n) is 1.04. The van der Waals surface area contributed by atoms with Gasteiger partial charge in [0.05, 0.1) is 11.6 Å². The Morgan fingerprint density at radius 2 is 2.45 bits per heavy atom. The number of hydrogen-bond donors (Lipinski definition) is 1. The van der Waals surface area contributed by atoms with Gasteiger partial charge in [0.1, 0.15) is 5.94 Å². The third-order valence-corrected chi connectivity index (χ3v) is 1.57. The predicted octanol–water partition coefficient (Wildman–Crippen LogP) is 0.849. The van der Waals surface area contributed by atoms with Crippen molar-refractivity contribution in [3.8, 4) is 0 Å². The van der Waals surface area contributed by atoms with Crippen molar-refractivity contribution in [3.63, 3.8) is 0 Å². The first kappa shape index (κ1) is 7.99. The third kappa shape index (κ3) is 1.90. The average Bonchev–Trinajstić information content (AvgIpc) is 2.06. The molecule has 1 aliphatic carbocycles. The van der Waals surface area contributed by atoms with Crippen molar-refractivity contribution in [1.82, 2.24) is 5.32 Å². The first-order valence-electron chi connectivity index (χ1n) is 3.71. The zero-order valence-corrected chi connectivity index (χ0v) is 6.50. The van der Waals surface area contributed by atoms with Crippen molar-refractivity contribution in [2.45, 2.75) is 13.0 Å². The molecule has 1 atom stereocenters. The summed E-state index contributed by atoms with van der Waals surface area (Å²) in [6, 6.07) is 0.0579. The monoisotopic (exact) mass is 149 g/mol. The number of rotatable bonds is 2. The molecular weight excluding hydrogens is 138 g/mol. The van der Waals surface area contributed by atoms with Gasteiger partial charge in [-0.3, -0.25) is 0 Å². The molecule has 1 N–H and O–H groups in total. The second-order valence-electron chi connectivity index (χ2n) is 2.34. The van der Waals surface area contributed by atoms with Gasteiger partial charge in [-0.2, -0.15) is 0 Å². The van der Waals surface area contributed by atoms with Crippen LogP contribution >= 0.6 is 0 Å². The Hall–Kier alpha value is -1.11. The molecule has 0 spiro atoms. The normalized spacial score (nSPS) is 21.9. The maximum atomic E-state index is 10.4. The van der Waals surface area contributed by atoms with Crippen molar-refractivity contribution in [2.24, 2.45) is 0 Å². The standard InChI is InChI=1S/C9H11NO/c1-2-10-9-6-4-3-5-8(9)7-11/h3-6,9-10H,2H2,1H3. The number of hydrogen-bond acceptors (Lipinski definition) is 2. The Morgan fingerprint density at radius 3 is 3.09 bits per heavy atom. The topological polar surface area (TPSA) is 29.1 Å². The van der Waals surface area contributed by atoms with Gasteiger partial charge < -0.3 is 5.32 Å². The Labute approximate surface area is 66.3 Å². The molecular formula is C9H11NO. The van der Waals surface area contributed by atoms with E-state index in [0.29, 0.717) is 5.57 Å². The van der Waals surface area contributed by atoms with Gasteiger partial charge in [-0.15, -0.1) is 0 Å². The summed E-state index contributed by atoms with van der Waals surface area (Å²) in [5.74, 6) is 1.90. The Bertz CT molecular complexity index is 234. The lowest BCUT2D eigenvalue weighted by Gasteiger charge is -2.13. The van der Waals surface area contributed by atoms with Crippen LogP contribution in [0.15, 0.2) is 29.9 Å². The molecule has 0 saturated heterocycles. The molecule has 0 aromatic carbocycles. The summed E-state index contributed by atoms with van der Waals surface area (Å²) in [7, 11) is 0. The minimum Gasteiger partial charge on any atom is -0.306 e. The summed E-state index contributed by atoms with van der Waals surface area (Å²) >= 11 is 0. The van der Waals surface area contributed by atoms with Gasteiger partial charge in [-0.1, -0.05) is 25.2 Å². The van der Waals surface area contributed by atoms with Crippen LogP contribution in [0.4, 0.5) is 0 Å². The highest BCUT2D eigenvalue weighted by atomic mass is 16.1. The van der Waals surface area contributed by atoms with Gasteiger partial charge in [0.15, 0.2) is 0 Å². The Balaban J connectivity index is 2.71. The zero-order chi connectivity index (χ0) is 8.10. The number of carbonyl (C=O) groups excluding carboxylic acids is 1. The quantitative estimate of drug-likeness (QED) is 0.590. The van der Waals surface area contributed by atoms with Gasteiger partial charge in [0.25, 0.3) is 0 Å². The van der Waals surface area contributed by atoms with Gasteiger partial charge in [0, 0.05) is 0 Å². The summed E-state index contributed by atoms with van der Waals surface area (Å²) in [5.41, 5.74) is 0.675. The van der Waals surface area contributed by atoms with E-state index >= 15 is 0 Å². The molecule has 0 radical (unpaired) electrons. The Morgan fingerprint density at radius 1 is 1.64 bits per heavy atom. The zero-order valence-electron chi connectivity index (χ0n) is 6.50. The highest BCUT2D eigenvalue weighted by Crippen LogP contribution is 2.07. The van der Waals surface area contributed by atoms with Crippen LogP contribution in [0.5, 0.6) is 0 Å². The molecule has 0 aromatic heterocycles. The molecule has 0 aliphatic heterocycles. The largest absolute Gasteiger partial charge is 0.306 e. The first-order valence-corrected chi connectivity index (χ1v) is 3.71. The fourth-order valence-corrected chi connectivity index (χ4v) is 1.04. The van der Waals surface area contributed by atoms with Gasteiger partial charge in [0.2, 0.25) is 0 Å². The van der Waals surface area contributed by atoms with Gasteiger partial charge in [-0.25, -0.2) is 4.79 Å². The molecule has 1 unspecified atom stereocenters. The smallest absolute Gasteiger partial charge is 0.129 e. The van der Waals surface area contributed by atoms with E-state index in [1.807, 2.05) is 31.1 Å². The van der Waals surface area contributed by atoms with Gasteiger partial charge in [-0.05, 0) is 12.6 Å². The number of allylic oxidation sites excluding steroid dienone is 2. The predicted molar refractivity (Wildman–Crippen MR) is 45.0 cm³/mol. The molecule has 1 aliphatic rings. The Kier molecular flexibility index (Phi) is 2.84. The fraction of sp³-hybridized carbons (Fsp3) is 0.333. The van der Waals surface area contributed by atoms with Crippen molar-refractivity contribution >= 4 is 5.94 Å². The lowest BCUT2D eigenvalue weighted by atomic mass is 10.0. The maximum Gasteiger partial charge on any atom is 0.129 e. The van der Waals surface area contributed by atoms with Crippen LogP contribution in [0.25, 0.3) is 0 Å². The molecule has 0 aromatic rings. The number of nitrogens with one attached hydrogen (secondary N) is 1. The summed E-state index contributed by atoms with van der Waals surface area (Å²) in [4.78, 5) is 10.4. The van der Waals surface area contributed by atoms with E-state index in [0.717, 1.165) is 6.54 Å². The van der Waals surface area contributed by atoms with Crippen molar-refractivity contribution in [1.29, 1.82) is 0 Å². The van der Waals surface area contributed by atoms with Crippen LogP contribution in [0, 0.1) is 0 Å². The minimum absolute atomic E-state index is 0.0579. The van der Waals surface area contributed by atoms with Crippen molar-refractivity contribution in [2.75, 3.05) is 6.54 Å². The molecule has 0 fully saturated rings. The molecule has 11 heavy (non-hydrogen) atoms. The van der Waals surface area contributed by atoms with E-state index in [1.165, 1.54) is 0 Å². The van der Waals surface area contributed by atoms with Crippen LogP contribution in [-0.4, -0.2) is 18.5 Å². The number of likely N-dealkylation sites (N-methyl/N-ethyl adjacent to an activating group) is 1. The summed E-state index contributed by atoms with van der Waals surface area (Å²) in [6.07, 6.45) is 7.49. The van der Waals surface area contributed by atoms with Crippen LogP contribution in [-0.2, 0) is 4.79 Å². The van der Waals surface area contributed by atoms with Crippen molar-refractivity contribution in [3.05, 3.63) is 29.9 Å². The van der Waals surface area contributed by atoms with Crippen LogP contribution in [0.3, 0.4) is 0 Å². The summed E-state index contributed by atoms with van der Waals surface area (Å²) < 4.78 is 0. The molecule has 58 valence electrons. The SMILES string of the molecule is CCNC1C=CC=CC1=C=O. The molecule has 0 bridgehead atoms. The third-order valence-electron chi connectivity index (χ3n) is 1.57. The van der Waals surface area contributed by atoms with Crippen LogP contribution in [0.2, 0.25) is 0 Å². The van der Waals surface area contributed by atoms with E-state index in [9.17, 15) is 4.79 Å². The van der Waals surface area contributed by atoms with E-state index in [-0.39, 0.29) is 6.04 Å². The lowest BCUT2D eigenvalue weighted by Crippen LogP contribution is -2.29. The molecule has 1 rings (SSSR count). The van der Waals surface area contributed by atoms with Crippen LogP contribution in [0.1, 0.15) is 6.92 Å². The lowest BCUT2D eigenvalue weighted by molar-refractivity contribution is 0.564. The minimum atomic E-state index is 0.0579. The maximum absolute atomic E-state index is 10.4. The van der Waals surface area contributed by atoms with Gasteiger partial charge >= 0.3 is 0 Å². The van der Waals surface area contributed by atoms with E-state index in [1.54, 1.807) is 6.08 Å². The van der Waals surface area contributed by atoms with E-state index < -0.39 is 0 Å². The summed E-state index contributed by atoms with van der Waals surface area (Å²) in [6.45, 7) is 2.86. The molecule has 2 heteroatoms. The molecule has 0 heterocycles. The van der Waals surface area contributed by atoms with E-state index in [2.05, 4.69) is 5.32 Å². The average molecular weight is 149 g/mol.